The van der Waals surface area contributed by atoms with Crippen LogP contribution in [0.15, 0.2) is 24.3 Å². The highest BCUT2D eigenvalue weighted by atomic mass is 16.5. The fourth-order valence-electron chi connectivity index (χ4n) is 4.13. The van der Waals surface area contributed by atoms with Gasteiger partial charge >= 0.3 is 5.97 Å². The summed E-state index contributed by atoms with van der Waals surface area (Å²) in [7, 11) is 0. The minimum atomic E-state index is -0.638. The number of fused-ring (bicyclic) bond motifs is 1. The van der Waals surface area contributed by atoms with Crippen LogP contribution in [0.25, 0.3) is 0 Å². The molecule has 3 unspecified atom stereocenters. The van der Waals surface area contributed by atoms with Gasteiger partial charge < -0.3 is 9.84 Å². The third-order valence-electron chi connectivity index (χ3n) is 5.21. The smallest absolute Gasteiger partial charge is 0.309 e. The molecule has 1 heterocycles. The Labute approximate surface area is 126 Å². The monoisotopic (exact) mass is 288 g/mol. The van der Waals surface area contributed by atoms with Gasteiger partial charge in [-0.3, -0.25) is 4.79 Å². The lowest BCUT2D eigenvalue weighted by Crippen LogP contribution is -2.38. The zero-order valence-electron chi connectivity index (χ0n) is 12.7. The van der Waals surface area contributed by atoms with E-state index in [1.165, 1.54) is 11.1 Å². The molecule has 3 nitrogen and oxygen atoms in total. The SMILES string of the molecule is CC1CCCC(CC2OCCc3ccccc32)(C(=O)O)C1. The molecule has 0 amide bonds. The Hall–Kier alpha value is -1.35. The van der Waals surface area contributed by atoms with Crippen LogP contribution in [-0.2, 0) is 16.0 Å². The van der Waals surface area contributed by atoms with Crippen LogP contribution in [0.2, 0.25) is 0 Å². The second-order valence-electron chi connectivity index (χ2n) is 6.80. The largest absolute Gasteiger partial charge is 0.481 e. The Morgan fingerprint density at radius 1 is 1.43 bits per heavy atom. The standard InChI is InChI=1S/C18H24O3/c1-13-5-4-9-18(11-13,17(19)20)12-16-15-7-3-2-6-14(15)8-10-21-16/h2-3,6-7,13,16H,4-5,8-12H2,1H3,(H,19,20). The second kappa shape index (κ2) is 5.80. The van der Waals surface area contributed by atoms with E-state index in [1.807, 2.05) is 6.07 Å². The van der Waals surface area contributed by atoms with Crippen molar-refractivity contribution in [2.75, 3.05) is 6.61 Å². The number of carbonyl (C=O) groups is 1. The summed E-state index contributed by atoms with van der Waals surface area (Å²) < 4.78 is 5.95. The van der Waals surface area contributed by atoms with Gasteiger partial charge in [0.2, 0.25) is 0 Å². The van der Waals surface area contributed by atoms with E-state index in [1.54, 1.807) is 0 Å². The third kappa shape index (κ3) is 2.84. The van der Waals surface area contributed by atoms with Crippen molar-refractivity contribution in [3.8, 4) is 0 Å². The second-order valence-corrected chi connectivity index (χ2v) is 6.80. The van der Waals surface area contributed by atoms with E-state index in [2.05, 4.69) is 25.1 Å². The molecule has 114 valence electrons. The summed E-state index contributed by atoms with van der Waals surface area (Å²) in [5, 5.41) is 9.83. The lowest BCUT2D eigenvalue weighted by atomic mass is 9.66. The van der Waals surface area contributed by atoms with Gasteiger partial charge in [-0.15, -0.1) is 0 Å². The van der Waals surface area contributed by atoms with Gasteiger partial charge in [0.25, 0.3) is 0 Å². The van der Waals surface area contributed by atoms with E-state index >= 15 is 0 Å². The van der Waals surface area contributed by atoms with E-state index in [4.69, 9.17) is 4.74 Å². The van der Waals surface area contributed by atoms with Gasteiger partial charge in [-0.25, -0.2) is 0 Å². The maximum Gasteiger partial charge on any atom is 0.309 e. The molecule has 0 saturated heterocycles. The van der Waals surface area contributed by atoms with E-state index in [0.29, 0.717) is 18.9 Å². The number of hydrogen-bond donors (Lipinski definition) is 1. The Bertz CT molecular complexity index is 525. The van der Waals surface area contributed by atoms with Crippen LogP contribution in [0.4, 0.5) is 0 Å². The van der Waals surface area contributed by atoms with Crippen LogP contribution in [0.3, 0.4) is 0 Å². The summed E-state index contributed by atoms with van der Waals surface area (Å²) in [4.78, 5) is 12.0. The normalized spacial score (nSPS) is 32.4. The number of rotatable bonds is 3. The van der Waals surface area contributed by atoms with Crippen molar-refractivity contribution in [2.24, 2.45) is 11.3 Å². The van der Waals surface area contributed by atoms with E-state index in [-0.39, 0.29) is 6.10 Å². The Morgan fingerprint density at radius 3 is 3.00 bits per heavy atom. The first-order valence-corrected chi connectivity index (χ1v) is 8.03. The number of carboxylic acids is 1. The Morgan fingerprint density at radius 2 is 2.24 bits per heavy atom. The molecule has 3 rings (SSSR count). The van der Waals surface area contributed by atoms with E-state index < -0.39 is 11.4 Å². The maximum atomic E-state index is 12.0. The molecule has 1 aromatic rings. The molecule has 1 N–H and O–H groups in total. The minimum Gasteiger partial charge on any atom is -0.481 e. The minimum absolute atomic E-state index is 0.0589. The molecule has 3 heteroatoms. The van der Waals surface area contributed by atoms with Gasteiger partial charge in [-0.2, -0.15) is 0 Å². The van der Waals surface area contributed by atoms with E-state index in [9.17, 15) is 9.90 Å². The van der Waals surface area contributed by atoms with Crippen molar-refractivity contribution < 1.29 is 14.6 Å². The molecule has 1 saturated carbocycles. The van der Waals surface area contributed by atoms with Crippen LogP contribution in [0.5, 0.6) is 0 Å². The predicted octanol–water partition coefficient (Wildman–Crippen LogP) is 3.97. The van der Waals surface area contributed by atoms with Gasteiger partial charge in [0.05, 0.1) is 18.1 Å². The van der Waals surface area contributed by atoms with Crippen LogP contribution in [0, 0.1) is 11.3 Å². The predicted molar refractivity (Wildman–Crippen MR) is 81.2 cm³/mol. The molecule has 21 heavy (non-hydrogen) atoms. The molecule has 0 radical (unpaired) electrons. The van der Waals surface area contributed by atoms with Crippen molar-refractivity contribution in [3.05, 3.63) is 35.4 Å². The quantitative estimate of drug-likeness (QED) is 0.915. The van der Waals surface area contributed by atoms with Crippen LogP contribution in [-0.4, -0.2) is 17.7 Å². The summed E-state index contributed by atoms with van der Waals surface area (Å²) in [5.41, 5.74) is 1.91. The van der Waals surface area contributed by atoms with Crippen molar-refractivity contribution >= 4 is 5.97 Å². The molecule has 0 bridgehead atoms. The number of benzene rings is 1. The third-order valence-corrected chi connectivity index (χ3v) is 5.21. The average Bonchev–Trinajstić information content (AvgIpc) is 2.47. The van der Waals surface area contributed by atoms with E-state index in [0.717, 1.165) is 32.1 Å². The van der Waals surface area contributed by atoms with Gasteiger partial charge in [0.1, 0.15) is 0 Å². The molecule has 1 aliphatic carbocycles. The van der Waals surface area contributed by atoms with Gasteiger partial charge in [-0.1, -0.05) is 44.0 Å². The first-order valence-electron chi connectivity index (χ1n) is 8.03. The fraction of sp³-hybridized carbons (Fsp3) is 0.611. The highest BCUT2D eigenvalue weighted by molar-refractivity contribution is 5.75. The molecule has 0 aromatic heterocycles. The molecular weight excluding hydrogens is 264 g/mol. The number of carboxylic acid groups (broad SMARTS) is 1. The first-order chi connectivity index (χ1) is 10.1. The lowest BCUT2D eigenvalue weighted by molar-refractivity contribution is -0.155. The Kier molecular flexibility index (Phi) is 4.03. The number of ether oxygens (including phenoxy) is 1. The lowest BCUT2D eigenvalue weighted by Gasteiger charge is -2.40. The summed E-state index contributed by atoms with van der Waals surface area (Å²) in [6.07, 6.45) is 5.22. The molecule has 0 spiro atoms. The maximum absolute atomic E-state index is 12.0. The zero-order valence-corrected chi connectivity index (χ0v) is 12.7. The fourth-order valence-corrected chi connectivity index (χ4v) is 4.13. The molecule has 1 fully saturated rings. The van der Waals surface area contributed by atoms with Crippen LogP contribution in [0.1, 0.15) is 56.3 Å². The topological polar surface area (TPSA) is 46.5 Å². The average molecular weight is 288 g/mol. The van der Waals surface area contributed by atoms with Crippen molar-refractivity contribution in [3.63, 3.8) is 0 Å². The summed E-state index contributed by atoms with van der Waals surface area (Å²) in [5.74, 6) is -0.144. The first kappa shape index (κ1) is 14.6. The highest BCUT2D eigenvalue weighted by Crippen LogP contribution is 2.47. The highest BCUT2D eigenvalue weighted by Gasteiger charge is 2.44. The molecule has 3 atom stereocenters. The van der Waals surface area contributed by atoms with Gasteiger partial charge in [0, 0.05) is 0 Å². The van der Waals surface area contributed by atoms with Crippen molar-refractivity contribution in [1.29, 1.82) is 0 Å². The van der Waals surface area contributed by atoms with Crippen molar-refractivity contribution in [1.82, 2.24) is 0 Å². The summed E-state index contributed by atoms with van der Waals surface area (Å²) in [6, 6.07) is 8.32. The summed E-state index contributed by atoms with van der Waals surface area (Å²) >= 11 is 0. The van der Waals surface area contributed by atoms with Crippen LogP contribution >= 0.6 is 0 Å². The number of aliphatic carboxylic acids is 1. The van der Waals surface area contributed by atoms with Gasteiger partial charge in [-0.05, 0) is 42.7 Å². The van der Waals surface area contributed by atoms with Crippen LogP contribution < -0.4 is 0 Å². The molecule has 1 aliphatic heterocycles. The van der Waals surface area contributed by atoms with Crippen molar-refractivity contribution in [2.45, 2.75) is 51.6 Å². The molecule has 2 aliphatic rings. The molecular formula is C18H24O3. The van der Waals surface area contributed by atoms with Gasteiger partial charge in [0.15, 0.2) is 0 Å². The Balaban J connectivity index is 1.86. The number of hydrogen-bond acceptors (Lipinski definition) is 2. The molecule has 1 aromatic carbocycles. The summed E-state index contributed by atoms with van der Waals surface area (Å²) in [6.45, 7) is 2.87. The zero-order chi connectivity index (χ0) is 14.9.